The van der Waals surface area contributed by atoms with Crippen molar-refractivity contribution in [2.75, 3.05) is 0 Å². The van der Waals surface area contributed by atoms with Gasteiger partial charge in [0.05, 0.1) is 16.0 Å². The molecule has 4 aromatic carbocycles. The summed E-state index contributed by atoms with van der Waals surface area (Å²) in [4.78, 5) is 0.197. The van der Waals surface area contributed by atoms with Crippen LogP contribution in [0.5, 0.6) is 0 Å². The monoisotopic (exact) mass is 573 g/mol. The minimum atomic E-state index is -4.19. The Labute approximate surface area is 236 Å². The number of aryl methyl sites for hydroxylation is 3. The Hall–Kier alpha value is -3.79. The molecule has 1 N–H and O–H groups in total. The Morgan fingerprint density at radius 2 is 1.32 bits per heavy atom. The van der Waals surface area contributed by atoms with Gasteiger partial charge in [-0.15, -0.1) is 0 Å². The van der Waals surface area contributed by atoms with Crippen LogP contribution in [0, 0.1) is 13.8 Å². The first-order valence-corrected chi connectivity index (χ1v) is 15.9. The van der Waals surface area contributed by atoms with Gasteiger partial charge < -0.3 is 0 Å². The van der Waals surface area contributed by atoms with E-state index < -0.39 is 32.1 Å². The second-order valence-electron chi connectivity index (χ2n) is 9.97. The normalized spacial score (nSPS) is 17.4. The molecule has 5 rings (SSSR count). The number of fused-ring (bicyclic) bond motifs is 1. The fourth-order valence-corrected chi connectivity index (χ4v) is 7.58. The van der Waals surface area contributed by atoms with Crippen LogP contribution in [0.1, 0.15) is 40.3 Å². The van der Waals surface area contributed by atoms with E-state index in [-0.39, 0.29) is 9.79 Å². The van der Waals surface area contributed by atoms with E-state index in [9.17, 15) is 16.8 Å². The standard InChI is InChI=1S/C31H31N3O4S2/c1-23-12-17-27(18-13-23)39(35,36)33-30-21-16-26-10-6-7-11-29(26)31(30)34(32-22-25-8-4-3-5-9-25)40(37,38)28-19-14-24(2)15-20-28/h3-15,17-20,22,30-31,33H,16,21H2,1-2H3/b32-22+. The van der Waals surface area contributed by atoms with Crippen molar-refractivity contribution >= 4 is 26.3 Å². The largest absolute Gasteiger partial charge is 0.279 e. The summed E-state index contributed by atoms with van der Waals surface area (Å²) in [5.41, 5.74) is 4.25. The highest BCUT2D eigenvalue weighted by atomic mass is 32.2. The molecule has 0 radical (unpaired) electrons. The van der Waals surface area contributed by atoms with E-state index in [1.54, 1.807) is 48.5 Å². The minimum absolute atomic E-state index is 0.0755. The van der Waals surface area contributed by atoms with Crippen LogP contribution in [0.15, 0.2) is 118 Å². The van der Waals surface area contributed by atoms with Gasteiger partial charge in [0.25, 0.3) is 10.0 Å². The van der Waals surface area contributed by atoms with Crippen LogP contribution < -0.4 is 4.72 Å². The van der Waals surface area contributed by atoms with Gasteiger partial charge in [-0.3, -0.25) is 0 Å². The van der Waals surface area contributed by atoms with Crippen molar-refractivity contribution in [1.29, 1.82) is 0 Å². The highest BCUT2D eigenvalue weighted by molar-refractivity contribution is 7.89. The van der Waals surface area contributed by atoms with Crippen LogP contribution in [0.3, 0.4) is 0 Å². The molecule has 0 bridgehead atoms. The summed E-state index contributed by atoms with van der Waals surface area (Å²) in [6.45, 7) is 3.77. The lowest BCUT2D eigenvalue weighted by Gasteiger charge is -2.39. The molecule has 9 heteroatoms. The lowest BCUT2D eigenvalue weighted by molar-refractivity contribution is 0.261. The number of rotatable bonds is 8. The zero-order valence-corrected chi connectivity index (χ0v) is 23.9. The Morgan fingerprint density at radius 3 is 1.98 bits per heavy atom. The molecule has 1 aliphatic carbocycles. The number of nitrogens with zero attached hydrogens (tertiary/aromatic N) is 2. The quantitative estimate of drug-likeness (QED) is 0.227. The van der Waals surface area contributed by atoms with Crippen LogP contribution in [-0.2, 0) is 26.5 Å². The molecule has 206 valence electrons. The van der Waals surface area contributed by atoms with Gasteiger partial charge in [0.2, 0.25) is 10.0 Å². The third-order valence-corrected chi connectivity index (χ3v) is 10.2. The summed E-state index contributed by atoms with van der Waals surface area (Å²) in [6.07, 6.45) is 2.48. The van der Waals surface area contributed by atoms with E-state index in [2.05, 4.69) is 9.82 Å². The molecule has 0 saturated heterocycles. The van der Waals surface area contributed by atoms with E-state index in [1.807, 2.05) is 68.4 Å². The molecule has 0 fully saturated rings. The molecule has 0 amide bonds. The summed E-state index contributed by atoms with van der Waals surface area (Å²) in [5.74, 6) is 0. The summed E-state index contributed by atoms with van der Waals surface area (Å²) in [7, 11) is -8.14. The van der Waals surface area contributed by atoms with Gasteiger partial charge in [0.15, 0.2) is 0 Å². The third kappa shape index (κ3) is 5.86. The Bertz CT molecular complexity index is 1720. The Kier molecular flexibility index (Phi) is 7.89. The number of hydrogen-bond acceptors (Lipinski definition) is 5. The van der Waals surface area contributed by atoms with Gasteiger partial charge in [-0.25, -0.2) is 13.1 Å². The Balaban J connectivity index is 1.64. The summed E-state index contributed by atoms with van der Waals surface area (Å²) in [5, 5.41) is 4.54. The zero-order chi connectivity index (χ0) is 28.3. The van der Waals surface area contributed by atoms with Crippen LogP contribution in [-0.4, -0.2) is 33.5 Å². The van der Waals surface area contributed by atoms with E-state index in [4.69, 9.17) is 0 Å². The van der Waals surface area contributed by atoms with Crippen LogP contribution in [0.2, 0.25) is 0 Å². The van der Waals surface area contributed by atoms with Gasteiger partial charge >= 0.3 is 0 Å². The van der Waals surface area contributed by atoms with Gasteiger partial charge in [-0.2, -0.15) is 17.9 Å². The highest BCUT2D eigenvalue weighted by Gasteiger charge is 2.41. The summed E-state index contributed by atoms with van der Waals surface area (Å²) < 4.78 is 59.4. The molecule has 40 heavy (non-hydrogen) atoms. The van der Waals surface area contributed by atoms with Crippen LogP contribution in [0.25, 0.3) is 0 Å². The molecule has 4 aromatic rings. The van der Waals surface area contributed by atoms with Gasteiger partial charge in [-0.1, -0.05) is 90.0 Å². The molecular weight excluding hydrogens is 542 g/mol. The number of nitrogens with one attached hydrogen (secondary N) is 1. The van der Waals surface area contributed by atoms with Crippen LogP contribution in [0.4, 0.5) is 0 Å². The molecule has 2 atom stereocenters. The van der Waals surface area contributed by atoms with E-state index in [1.165, 1.54) is 6.21 Å². The predicted molar refractivity (Wildman–Crippen MR) is 157 cm³/mol. The summed E-state index contributed by atoms with van der Waals surface area (Å²) in [6, 6.07) is 28.2. The van der Waals surface area contributed by atoms with Gasteiger partial charge in [0.1, 0.15) is 6.04 Å². The molecule has 0 saturated carbocycles. The molecule has 0 spiro atoms. The predicted octanol–water partition coefficient (Wildman–Crippen LogP) is 5.36. The smallest absolute Gasteiger partial charge is 0.207 e. The first-order chi connectivity index (χ1) is 19.1. The van der Waals surface area contributed by atoms with Crippen LogP contribution >= 0.6 is 0 Å². The molecule has 0 heterocycles. The second kappa shape index (κ2) is 11.4. The fraction of sp³-hybridized carbons (Fsp3) is 0.194. The highest BCUT2D eigenvalue weighted by Crippen LogP contribution is 2.39. The first-order valence-electron chi connectivity index (χ1n) is 13.0. The summed E-state index contributed by atoms with van der Waals surface area (Å²) >= 11 is 0. The maximum Gasteiger partial charge on any atom is 0.279 e. The maximum atomic E-state index is 14.2. The van der Waals surface area contributed by atoms with E-state index in [0.29, 0.717) is 24.0 Å². The van der Waals surface area contributed by atoms with Crippen molar-refractivity contribution < 1.29 is 16.8 Å². The number of sulfonamides is 2. The minimum Gasteiger partial charge on any atom is -0.207 e. The zero-order valence-electron chi connectivity index (χ0n) is 22.3. The molecular formula is C31H31N3O4S2. The SMILES string of the molecule is Cc1ccc(S(=O)(=O)NC2CCc3ccccc3C2N(/N=C/c2ccccc2)S(=O)(=O)c2ccc(C)cc2)cc1. The van der Waals surface area contributed by atoms with E-state index >= 15 is 0 Å². The van der Waals surface area contributed by atoms with E-state index in [0.717, 1.165) is 21.1 Å². The second-order valence-corrected chi connectivity index (χ2v) is 13.5. The first kappa shape index (κ1) is 27.8. The van der Waals surface area contributed by atoms with Gasteiger partial charge in [-0.05, 0) is 67.6 Å². The van der Waals surface area contributed by atoms with Crippen molar-refractivity contribution in [2.45, 2.75) is 48.6 Å². The topological polar surface area (TPSA) is 95.9 Å². The Morgan fingerprint density at radius 1 is 0.750 bits per heavy atom. The molecule has 7 nitrogen and oxygen atoms in total. The fourth-order valence-electron chi connectivity index (χ4n) is 4.88. The molecule has 2 unspecified atom stereocenters. The van der Waals surface area contributed by atoms with Crippen molar-refractivity contribution in [3.05, 3.63) is 131 Å². The van der Waals surface area contributed by atoms with Crippen molar-refractivity contribution in [2.24, 2.45) is 5.10 Å². The number of benzene rings is 4. The third-order valence-electron chi connectivity index (χ3n) is 7.04. The average molecular weight is 574 g/mol. The number of hydrogen-bond donors (Lipinski definition) is 1. The van der Waals surface area contributed by atoms with Gasteiger partial charge in [0, 0.05) is 6.04 Å². The maximum absolute atomic E-state index is 14.2. The molecule has 1 aliphatic rings. The lowest BCUT2D eigenvalue weighted by atomic mass is 9.85. The number of hydrazone groups is 1. The molecule has 0 aliphatic heterocycles. The van der Waals surface area contributed by atoms with Crippen molar-refractivity contribution in [3.8, 4) is 0 Å². The molecule has 0 aromatic heterocycles. The lowest BCUT2D eigenvalue weighted by Crippen LogP contribution is -2.48. The average Bonchev–Trinajstić information content (AvgIpc) is 2.95. The van der Waals surface area contributed by atoms with Crippen molar-refractivity contribution in [3.63, 3.8) is 0 Å². The van der Waals surface area contributed by atoms with Crippen molar-refractivity contribution in [1.82, 2.24) is 9.14 Å².